The molecule has 1 fully saturated rings. The van der Waals surface area contributed by atoms with E-state index in [9.17, 15) is 4.79 Å². The molecule has 1 unspecified atom stereocenters. The van der Waals surface area contributed by atoms with Crippen molar-refractivity contribution in [2.24, 2.45) is 0 Å². The van der Waals surface area contributed by atoms with Crippen LogP contribution in [0, 0.1) is 11.3 Å². The molecule has 0 radical (unpaired) electrons. The van der Waals surface area contributed by atoms with E-state index in [4.69, 9.17) is 10.00 Å². The highest BCUT2D eigenvalue weighted by Gasteiger charge is 2.48. The zero-order valence-electron chi connectivity index (χ0n) is 12.5. The summed E-state index contributed by atoms with van der Waals surface area (Å²) in [6.07, 6.45) is -0.555. The summed E-state index contributed by atoms with van der Waals surface area (Å²) in [6.45, 7) is 5.81. The Hall–Kier alpha value is -2.39. The Bertz CT molecular complexity index is 758. The van der Waals surface area contributed by atoms with E-state index in [0.29, 0.717) is 10.7 Å². The zero-order valence-corrected chi connectivity index (χ0v) is 13.3. The van der Waals surface area contributed by atoms with Crippen molar-refractivity contribution in [2.45, 2.75) is 32.4 Å². The molecule has 22 heavy (non-hydrogen) atoms. The number of amides is 1. The van der Waals surface area contributed by atoms with Gasteiger partial charge in [-0.1, -0.05) is 12.1 Å². The third-order valence-corrected chi connectivity index (χ3v) is 4.85. The molecule has 1 aliphatic heterocycles. The van der Waals surface area contributed by atoms with Gasteiger partial charge in [0.2, 0.25) is 0 Å². The van der Waals surface area contributed by atoms with E-state index in [2.05, 4.69) is 11.1 Å². The number of cyclic esters (lactones) is 1. The predicted octanol–water partition coefficient (Wildman–Crippen LogP) is 3.81. The van der Waals surface area contributed by atoms with Gasteiger partial charge in [-0.05, 0) is 32.9 Å². The molecular weight excluding hydrogens is 298 g/mol. The fraction of sp³-hybridized carbons (Fsp3) is 0.312. The van der Waals surface area contributed by atoms with Crippen LogP contribution in [-0.2, 0) is 4.74 Å². The summed E-state index contributed by atoms with van der Waals surface area (Å²) in [4.78, 5) is 18.2. The molecule has 2 heterocycles. The number of ether oxygens (including phenoxy) is 1. The molecule has 0 N–H and O–H groups in total. The van der Waals surface area contributed by atoms with Gasteiger partial charge in [0.1, 0.15) is 6.10 Å². The Kier molecular flexibility index (Phi) is 3.38. The summed E-state index contributed by atoms with van der Waals surface area (Å²) in [5, 5.41) is 11.4. The maximum absolute atomic E-state index is 12.1. The van der Waals surface area contributed by atoms with Gasteiger partial charge in [0, 0.05) is 10.9 Å². The number of hydrogen-bond donors (Lipinski definition) is 0. The minimum absolute atomic E-state index is 0.192. The molecule has 1 aromatic carbocycles. The molecule has 0 bridgehead atoms. The monoisotopic (exact) mass is 313 g/mol. The number of nitrogens with zero attached hydrogens (tertiary/aromatic N) is 3. The first-order valence-electron chi connectivity index (χ1n) is 6.90. The maximum atomic E-state index is 12.1. The molecule has 0 spiro atoms. The first kappa shape index (κ1) is 14.5. The van der Waals surface area contributed by atoms with E-state index < -0.39 is 5.54 Å². The van der Waals surface area contributed by atoms with Crippen molar-refractivity contribution in [1.29, 1.82) is 5.26 Å². The van der Waals surface area contributed by atoms with Crippen molar-refractivity contribution in [3.8, 4) is 17.3 Å². The van der Waals surface area contributed by atoms with Gasteiger partial charge < -0.3 is 4.74 Å². The van der Waals surface area contributed by atoms with Gasteiger partial charge >= 0.3 is 6.09 Å². The van der Waals surface area contributed by atoms with E-state index in [0.717, 1.165) is 11.3 Å². The molecule has 1 saturated heterocycles. The van der Waals surface area contributed by atoms with Crippen LogP contribution in [0.5, 0.6) is 0 Å². The molecule has 112 valence electrons. The van der Waals surface area contributed by atoms with E-state index in [1.165, 1.54) is 11.3 Å². The fourth-order valence-electron chi connectivity index (χ4n) is 2.30. The van der Waals surface area contributed by atoms with Crippen LogP contribution in [0.3, 0.4) is 0 Å². The average molecular weight is 313 g/mol. The second-order valence-electron chi connectivity index (χ2n) is 5.72. The van der Waals surface area contributed by atoms with Crippen molar-refractivity contribution >= 4 is 22.6 Å². The Labute approximate surface area is 132 Å². The number of carbonyl (C=O) groups is 1. The lowest BCUT2D eigenvalue weighted by atomic mass is 9.99. The van der Waals surface area contributed by atoms with E-state index in [1.807, 2.05) is 38.3 Å². The highest BCUT2D eigenvalue weighted by molar-refractivity contribution is 7.14. The van der Waals surface area contributed by atoms with Gasteiger partial charge in [0.05, 0.1) is 22.9 Å². The van der Waals surface area contributed by atoms with E-state index >= 15 is 0 Å². The molecule has 5 nitrogen and oxygen atoms in total. The van der Waals surface area contributed by atoms with Gasteiger partial charge in [-0.15, -0.1) is 11.3 Å². The minimum atomic E-state index is -0.434. The highest BCUT2D eigenvalue weighted by Crippen LogP contribution is 2.37. The van der Waals surface area contributed by atoms with Crippen LogP contribution < -0.4 is 4.90 Å². The summed E-state index contributed by atoms with van der Waals surface area (Å²) in [5.74, 6) is 0. The lowest BCUT2D eigenvalue weighted by Gasteiger charge is -2.28. The molecule has 0 saturated carbocycles. The highest BCUT2D eigenvalue weighted by atomic mass is 32.1. The lowest BCUT2D eigenvalue weighted by Crippen LogP contribution is -2.45. The first-order chi connectivity index (χ1) is 10.4. The smallest absolute Gasteiger partial charge is 0.417 e. The number of carbonyl (C=O) groups excluding carboxylic acids is 1. The summed E-state index contributed by atoms with van der Waals surface area (Å²) < 4.78 is 5.31. The molecule has 2 aromatic rings. The summed E-state index contributed by atoms with van der Waals surface area (Å²) in [7, 11) is 0. The van der Waals surface area contributed by atoms with Crippen LogP contribution >= 0.6 is 11.3 Å². The molecule has 0 aliphatic carbocycles. The quantitative estimate of drug-likeness (QED) is 0.845. The average Bonchev–Trinajstić information content (AvgIpc) is 3.03. The number of aromatic nitrogens is 1. The van der Waals surface area contributed by atoms with Crippen LogP contribution in [-0.4, -0.2) is 22.7 Å². The van der Waals surface area contributed by atoms with Crippen molar-refractivity contribution in [3.05, 3.63) is 35.2 Å². The van der Waals surface area contributed by atoms with E-state index in [-0.39, 0.29) is 12.2 Å². The molecule has 1 aromatic heterocycles. The van der Waals surface area contributed by atoms with Gasteiger partial charge in [0.15, 0.2) is 5.13 Å². The standard InChI is InChI=1S/C16H15N3O2S/c1-10-16(2,3)19(15(20)21-10)14-18-13(9-22-14)12-6-4-11(8-17)5-7-12/h4-7,9-10H,1-3H3. The van der Waals surface area contributed by atoms with Crippen molar-refractivity contribution in [3.63, 3.8) is 0 Å². The largest absolute Gasteiger partial charge is 0.444 e. The second-order valence-corrected chi connectivity index (χ2v) is 6.56. The molecule has 3 rings (SSSR count). The number of rotatable bonds is 2. The van der Waals surface area contributed by atoms with Gasteiger partial charge in [-0.25, -0.2) is 14.7 Å². The van der Waals surface area contributed by atoms with Crippen LogP contribution in [0.15, 0.2) is 29.6 Å². The first-order valence-corrected chi connectivity index (χ1v) is 7.78. The van der Waals surface area contributed by atoms with Gasteiger partial charge in [-0.3, -0.25) is 0 Å². The number of benzene rings is 1. The Morgan fingerprint density at radius 3 is 2.59 bits per heavy atom. The summed E-state index contributed by atoms with van der Waals surface area (Å²) in [5.41, 5.74) is 1.88. The van der Waals surface area contributed by atoms with Crippen molar-refractivity contribution in [1.82, 2.24) is 4.98 Å². The second kappa shape index (κ2) is 5.11. The minimum Gasteiger partial charge on any atom is -0.444 e. The Morgan fingerprint density at radius 2 is 2.05 bits per heavy atom. The number of anilines is 1. The molecule has 1 amide bonds. The number of thiazole rings is 1. The van der Waals surface area contributed by atoms with Crippen molar-refractivity contribution < 1.29 is 9.53 Å². The Balaban J connectivity index is 1.94. The fourth-order valence-corrected chi connectivity index (χ4v) is 3.28. The van der Waals surface area contributed by atoms with Crippen LogP contribution in [0.4, 0.5) is 9.93 Å². The summed E-state index contributed by atoms with van der Waals surface area (Å²) in [6, 6.07) is 9.31. The normalized spacial score (nSPS) is 19.8. The molecule has 1 aliphatic rings. The Morgan fingerprint density at radius 1 is 1.36 bits per heavy atom. The van der Waals surface area contributed by atoms with Gasteiger partial charge in [0.25, 0.3) is 0 Å². The number of hydrogen-bond acceptors (Lipinski definition) is 5. The molecule has 1 atom stereocenters. The third-order valence-electron chi connectivity index (χ3n) is 4.02. The van der Waals surface area contributed by atoms with Crippen LogP contribution in [0.2, 0.25) is 0 Å². The van der Waals surface area contributed by atoms with Crippen LogP contribution in [0.1, 0.15) is 26.3 Å². The summed E-state index contributed by atoms with van der Waals surface area (Å²) >= 11 is 1.41. The van der Waals surface area contributed by atoms with Gasteiger partial charge in [-0.2, -0.15) is 5.26 Å². The molecular formula is C16H15N3O2S. The van der Waals surface area contributed by atoms with Crippen molar-refractivity contribution in [2.75, 3.05) is 4.90 Å². The number of nitriles is 1. The maximum Gasteiger partial charge on any atom is 0.417 e. The SMILES string of the molecule is CC1OC(=O)N(c2nc(-c3ccc(C#N)cc3)cs2)C1(C)C. The zero-order chi connectivity index (χ0) is 15.9. The van der Waals surface area contributed by atoms with E-state index in [1.54, 1.807) is 17.0 Å². The van der Waals surface area contributed by atoms with Crippen LogP contribution in [0.25, 0.3) is 11.3 Å². The molecule has 6 heteroatoms. The topological polar surface area (TPSA) is 66.2 Å². The lowest BCUT2D eigenvalue weighted by molar-refractivity contribution is 0.129. The predicted molar refractivity (Wildman–Crippen MR) is 84.8 cm³/mol. The third kappa shape index (κ3) is 2.24.